The number of hydrogen-bond donors (Lipinski definition) is 0. The predicted molar refractivity (Wildman–Crippen MR) is 88.1 cm³/mol. The molecule has 0 aliphatic carbocycles. The maximum Gasteiger partial charge on any atom is 0.229 e. The monoisotopic (exact) mass is 342 g/mol. The summed E-state index contributed by atoms with van der Waals surface area (Å²) in [5.74, 6) is 2.13. The highest BCUT2D eigenvalue weighted by molar-refractivity contribution is 5.63. The molecule has 1 aromatic carbocycles. The summed E-state index contributed by atoms with van der Waals surface area (Å²) in [6.45, 7) is 6.13. The Bertz CT molecular complexity index is 887. The number of nitrogens with zero attached hydrogens (tertiary/aromatic N) is 4. The summed E-state index contributed by atoms with van der Waals surface area (Å²) in [6, 6.07) is 6.42. The van der Waals surface area contributed by atoms with Crippen LogP contribution in [0, 0.1) is 5.82 Å². The highest BCUT2D eigenvalue weighted by atomic mass is 19.1. The van der Waals surface area contributed by atoms with E-state index >= 15 is 0 Å². The third-order valence-corrected chi connectivity index (χ3v) is 4.35. The zero-order valence-electron chi connectivity index (χ0n) is 14.2. The van der Waals surface area contributed by atoms with Gasteiger partial charge in [0.2, 0.25) is 5.89 Å². The second-order valence-electron chi connectivity index (χ2n) is 6.61. The Balaban J connectivity index is 1.55. The fraction of sp³-hybridized carbons (Fsp3) is 0.389. The smallest absolute Gasteiger partial charge is 0.229 e. The van der Waals surface area contributed by atoms with Gasteiger partial charge in [-0.3, -0.25) is 4.90 Å². The molecule has 0 fully saturated rings. The van der Waals surface area contributed by atoms with E-state index in [2.05, 4.69) is 20.2 Å². The minimum atomic E-state index is -0.282. The van der Waals surface area contributed by atoms with E-state index in [1.807, 2.05) is 19.9 Å². The normalized spacial score (nSPS) is 14.9. The van der Waals surface area contributed by atoms with E-state index in [1.165, 1.54) is 12.1 Å². The van der Waals surface area contributed by atoms with Crippen LogP contribution in [0.4, 0.5) is 4.39 Å². The zero-order valence-corrected chi connectivity index (χ0v) is 14.2. The average molecular weight is 342 g/mol. The maximum atomic E-state index is 13.5. The van der Waals surface area contributed by atoms with Crippen LogP contribution in [0.5, 0.6) is 0 Å². The van der Waals surface area contributed by atoms with Crippen molar-refractivity contribution in [3.63, 3.8) is 0 Å². The van der Waals surface area contributed by atoms with Crippen LogP contribution in [-0.2, 0) is 19.5 Å². The number of hydrogen-bond acceptors (Lipinski definition) is 6. The highest BCUT2D eigenvalue weighted by Crippen LogP contribution is 2.30. The third kappa shape index (κ3) is 3.19. The van der Waals surface area contributed by atoms with Crippen LogP contribution in [0.15, 0.2) is 33.3 Å². The van der Waals surface area contributed by atoms with Gasteiger partial charge in [-0.2, -0.15) is 4.98 Å². The lowest BCUT2D eigenvalue weighted by Gasteiger charge is -2.24. The van der Waals surface area contributed by atoms with Gasteiger partial charge in [-0.05, 0) is 12.1 Å². The largest absolute Gasteiger partial charge is 0.360 e. The summed E-state index contributed by atoms with van der Waals surface area (Å²) >= 11 is 0. The zero-order chi connectivity index (χ0) is 17.4. The van der Waals surface area contributed by atoms with Gasteiger partial charge in [-0.25, -0.2) is 4.39 Å². The fourth-order valence-corrected chi connectivity index (χ4v) is 3.03. The van der Waals surface area contributed by atoms with Crippen LogP contribution < -0.4 is 0 Å². The Labute approximate surface area is 144 Å². The molecule has 0 amide bonds. The van der Waals surface area contributed by atoms with Gasteiger partial charge in [-0.15, -0.1) is 0 Å². The van der Waals surface area contributed by atoms with Gasteiger partial charge >= 0.3 is 0 Å². The predicted octanol–water partition coefficient (Wildman–Crippen LogP) is 3.55. The van der Waals surface area contributed by atoms with Crippen LogP contribution in [-0.4, -0.2) is 26.7 Å². The van der Waals surface area contributed by atoms with E-state index < -0.39 is 0 Å². The lowest BCUT2D eigenvalue weighted by molar-refractivity contribution is 0.220. The highest BCUT2D eigenvalue weighted by Gasteiger charge is 2.26. The van der Waals surface area contributed by atoms with Crippen LogP contribution in [0.1, 0.15) is 42.8 Å². The summed E-state index contributed by atoms with van der Waals surface area (Å²) in [6.07, 6.45) is 0.756. The van der Waals surface area contributed by atoms with Crippen molar-refractivity contribution in [2.75, 3.05) is 6.54 Å². The summed E-state index contributed by atoms with van der Waals surface area (Å²) in [4.78, 5) is 6.65. The molecule has 6 nitrogen and oxygen atoms in total. The molecule has 0 saturated carbocycles. The summed E-state index contributed by atoms with van der Waals surface area (Å²) < 4.78 is 24.3. The van der Waals surface area contributed by atoms with E-state index in [-0.39, 0.29) is 11.7 Å². The Hall–Kier alpha value is -2.54. The van der Waals surface area contributed by atoms with Crippen molar-refractivity contribution in [1.29, 1.82) is 0 Å². The molecule has 0 N–H and O–H groups in total. The van der Waals surface area contributed by atoms with Gasteiger partial charge in [0.25, 0.3) is 0 Å². The molecule has 0 spiro atoms. The lowest BCUT2D eigenvalue weighted by atomic mass is 10.0. The molecular weight excluding hydrogens is 323 g/mol. The van der Waals surface area contributed by atoms with Gasteiger partial charge in [-0.1, -0.05) is 36.3 Å². The van der Waals surface area contributed by atoms with Crippen molar-refractivity contribution in [3.8, 4) is 11.3 Å². The minimum Gasteiger partial charge on any atom is -0.360 e. The number of aromatic nitrogens is 3. The number of rotatable bonds is 4. The van der Waals surface area contributed by atoms with Crippen molar-refractivity contribution in [1.82, 2.24) is 20.2 Å². The molecule has 0 saturated heterocycles. The van der Waals surface area contributed by atoms with Gasteiger partial charge in [0.1, 0.15) is 17.3 Å². The fourth-order valence-electron chi connectivity index (χ4n) is 3.03. The van der Waals surface area contributed by atoms with Crippen LogP contribution in [0.3, 0.4) is 0 Å². The summed E-state index contributed by atoms with van der Waals surface area (Å²) in [5, 5.41) is 8.21. The maximum absolute atomic E-state index is 13.5. The first kappa shape index (κ1) is 16.0. The lowest BCUT2D eigenvalue weighted by Crippen LogP contribution is -2.30. The van der Waals surface area contributed by atoms with Crippen molar-refractivity contribution in [3.05, 3.63) is 53.1 Å². The van der Waals surface area contributed by atoms with E-state index in [0.717, 1.165) is 29.9 Å². The molecule has 0 bridgehead atoms. The van der Waals surface area contributed by atoms with Gasteiger partial charge in [0, 0.05) is 36.6 Å². The first-order valence-electron chi connectivity index (χ1n) is 8.38. The van der Waals surface area contributed by atoms with Crippen molar-refractivity contribution in [2.24, 2.45) is 0 Å². The molecule has 130 valence electrons. The van der Waals surface area contributed by atoms with Crippen molar-refractivity contribution >= 4 is 0 Å². The third-order valence-electron chi connectivity index (χ3n) is 4.35. The van der Waals surface area contributed by atoms with E-state index in [0.29, 0.717) is 30.5 Å². The Morgan fingerprint density at radius 3 is 2.88 bits per heavy atom. The summed E-state index contributed by atoms with van der Waals surface area (Å²) in [7, 11) is 0. The van der Waals surface area contributed by atoms with Gasteiger partial charge < -0.3 is 9.05 Å². The van der Waals surface area contributed by atoms with E-state index in [1.54, 1.807) is 6.07 Å². The Kier molecular flexibility index (Phi) is 4.09. The SMILES string of the molecule is CC(C)c1nc(CN2CCc3onc(-c4cccc(F)c4)c3C2)no1. The molecule has 3 aromatic rings. The first-order valence-corrected chi connectivity index (χ1v) is 8.38. The van der Waals surface area contributed by atoms with E-state index in [9.17, 15) is 4.39 Å². The second kappa shape index (κ2) is 6.40. The number of benzene rings is 1. The second-order valence-corrected chi connectivity index (χ2v) is 6.61. The number of halogens is 1. The molecular formula is C18H19FN4O2. The van der Waals surface area contributed by atoms with Gasteiger partial charge in [0.15, 0.2) is 5.82 Å². The Morgan fingerprint density at radius 1 is 1.24 bits per heavy atom. The van der Waals surface area contributed by atoms with Crippen molar-refractivity contribution < 1.29 is 13.4 Å². The van der Waals surface area contributed by atoms with Gasteiger partial charge in [0.05, 0.1) is 6.54 Å². The molecule has 1 aliphatic rings. The number of fused-ring (bicyclic) bond motifs is 1. The van der Waals surface area contributed by atoms with Crippen LogP contribution in [0.2, 0.25) is 0 Å². The molecule has 4 rings (SSSR count). The molecule has 0 radical (unpaired) electrons. The summed E-state index contributed by atoms with van der Waals surface area (Å²) in [5.41, 5.74) is 2.44. The van der Waals surface area contributed by atoms with Crippen molar-refractivity contribution in [2.45, 2.75) is 39.3 Å². The molecule has 25 heavy (non-hydrogen) atoms. The van der Waals surface area contributed by atoms with E-state index in [4.69, 9.17) is 9.05 Å². The van der Waals surface area contributed by atoms with Crippen LogP contribution in [0.25, 0.3) is 11.3 Å². The average Bonchev–Trinajstić information content (AvgIpc) is 3.21. The molecule has 1 aliphatic heterocycles. The molecule has 0 unspecified atom stereocenters. The first-order chi connectivity index (χ1) is 12.1. The standard InChI is InChI=1S/C18H19FN4O2/c1-11(2)18-20-16(21-25-18)10-23-7-6-15-14(9-23)17(22-24-15)12-4-3-5-13(19)8-12/h3-5,8,11H,6-7,9-10H2,1-2H3. The molecule has 0 atom stereocenters. The Morgan fingerprint density at radius 2 is 2.12 bits per heavy atom. The quantitative estimate of drug-likeness (QED) is 0.722. The van der Waals surface area contributed by atoms with Crippen LogP contribution >= 0.6 is 0 Å². The minimum absolute atomic E-state index is 0.215. The molecule has 7 heteroatoms. The molecule has 3 heterocycles. The molecule has 2 aromatic heterocycles. The topological polar surface area (TPSA) is 68.2 Å².